The fraction of sp³-hybridized carbons (Fsp3) is 0.556. The Labute approximate surface area is 147 Å². The number of carbonyl (C=O) groups is 2. The molecule has 0 fully saturated rings. The van der Waals surface area contributed by atoms with Crippen molar-refractivity contribution in [1.29, 1.82) is 0 Å². The summed E-state index contributed by atoms with van der Waals surface area (Å²) in [6.45, 7) is 6.78. The molecule has 4 nitrogen and oxygen atoms in total. The molecule has 1 unspecified atom stereocenters. The zero-order valence-corrected chi connectivity index (χ0v) is 15.8. The van der Waals surface area contributed by atoms with Gasteiger partial charge < -0.3 is 10.6 Å². The summed E-state index contributed by atoms with van der Waals surface area (Å²) in [5.41, 5.74) is 0.593. The van der Waals surface area contributed by atoms with Crippen molar-refractivity contribution < 1.29 is 9.59 Å². The van der Waals surface area contributed by atoms with Crippen molar-refractivity contribution in [3.63, 3.8) is 0 Å². The highest BCUT2D eigenvalue weighted by Crippen LogP contribution is 2.10. The molecule has 1 rings (SSSR count). The average molecular weight is 383 g/mol. The Balaban J connectivity index is 2.20. The molecule has 128 valence electrons. The van der Waals surface area contributed by atoms with Crippen molar-refractivity contribution in [2.75, 3.05) is 6.54 Å². The lowest BCUT2D eigenvalue weighted by Gasteiger charge is -2.14. The number of hydrogen-bond donors (Lipinski definition) is 2. The van der Waals surface area contributed by atoms with Gasteiger partial charge in [-0.05, 0) is 43.5 Å². The van der Waals surface area contributed by atoms with Crippen LogP contribution in [0.1, 0.15) is 56.8 Å². The summed E-state index contributed by atoms with van der Waals surface area (Å²) >= 11 is 3.33. The summed E-state index contributed by atoms with van der Waals surface area (Å²) in [6, 6.07) is 7.32. The first-order valence-corrected chi connectivity index (χ1v) is 9.01. The molecule has 0 aliphatic carbocycles. The summed E-state index contributed by atoms with van der Waals surface area (Å²) in [5, 5.41) is 5.74. The topological polar surface area (TPSA) is 58.2 Å². The highest BCUT2D eigenvalue weighted by atomic mass is 79.9. The standard InChI is InChI=1S/C18H27BrN2O2/c1-13(2)5-4-6-14(3)21-17(22)11-12-20-18(23)15-7-9-16(19)10-8-15/h7-10,13-14H,4-6,11-12H2,1-3H3,(H,20,23)(H,21,22). The van der Waals surface area contributed by atoms with Gasteiger partial charge in [-0.15, -0.1) is 0 Å². The predicted octanol–water partition coefficient (Wildman–Crippen LogP) is 3.90. The molecule has 1 aromatic rings. The summed E-state index contributed by atoms with van der Waals surface area (Å²) < 4.78 is 0.930. The third kappa shape index (κ3) is 8.74. The fourth-order valence-corrected chi connectivity index (χ4v) is 2.51. The second-order valence-corrected chi connectivity index (χ2v) is 7.22. The molecule has 0 aliphatic rings. The van der Waals surface area contributed by atoms with Gasteiger partial charge in [-0.3, -0.25) is 9.59 Å². The maximum Gasteiger partial charge on any atom is 0.251 e. The molecule has 0 radical (unpaired) electrons. The SMILES string of the molecule is CC(C)CCCC(C)NC(=O)CCNC(=O)c1ccc(Br)cc1. The van der Waals surface area contributed by atoms with Crippen molar-refractivity contribution >= 4 is 27.7 Å². The molecule has 0 saturated carbocycles. The van der Waals surface area contributed by atoms with E-state index in [1.54, 1.807) is 12.1 Å². The van der Waals surface area contributed by atoms with Crippen LogP contribution in [0.4, 0.5) is 0 Å². The molecule has 23 heavy (non-hydrogen) atoms. The fourth-order valence-electron chi connectivity index (χ4n) is 2.24. The minimum Gasteiger partial charge on any atom is -0.354 e. The van der Waals surface area contributed by atoms with Crippen LogP contribution in [0.15, 0.2) is 28.7 Å². The second kappa shape index (κ2) is 10.4. The van der Waals surface area contributed by atoms with Gasteiger partial charge in [0, 0.05) is 29.0 Å². The van der Waals surface area contributed by atoms with Crippen LogP contribution in [0.2, 0.25) is 0 Å². The molecule has 0 aliphatic heterocycles. The van der Waals surface area contributed by atoms with E-state index in [-0.39, 0.29) is 17.9 Å². The van der Waals surface area contributed by atoms with E-state index in [0.29, 0.717) is 24.4 Å². The van der Waals surface area contributed by atoms with Crippen molar-refractivity contribution in [1.82, 2.24) is 10.6 Å². The van der Waals surface area contributed by atoms with Gasteiger partial charge in [0.25, 0.3) is 5.91 Å². The van der Waals surface area contributed by atoms with E-state index in [1.807, 2.05) is 19.1 Å². The van der Waals surface area contributed by atoms with Gasteiger partial charge in [-0.1, -0.05) is 42.6 Å². The minimum atomic E-state index is -0.157. The van der Waals surface area contributed by atoms with E-state index in [1.165, 1.54) is 6.42 Å². The number of benzene rings is 1. The first-order chi connectivity index (χ1) is 10.9. The van der Waals surface area contributed by atoms with E-state index in [9.17, 15) is 9.59 Å². The van der Waals surface area contributed by atoms with Crippen LogP contribution in [-0.4, -0.2) is 24.4 Å². The minimum absolute atomic E-state index is 0.0156. The Morgan fingerprint density at radius 3 is 2.35 bits per heavy atom. The molecule has 0 saturated heterocycles. The van der Waals surface area contributed by atoms with Crippen LogP contribution in [0.3, 0.4) is 0 Å². The van der Waals surface area contributed by atoms with Crippen LogP contribution < -0.4 is 10.6 Å². The van der Waals surface area contributed by atoms with Gasteiger partial charge in [-0.25, -0.2) is 0 Å². The highest BCUT2D eigenvalue weighted by Gasteiger charge is 2.09. The van der Waals surface area contributed by atoms with Crippen LogP contribution >= 0.6 is 15.9 Å². The smallest absolute Gasteiger partial charge is 0.251 e. The summed E-state index contributed by atoms with van der Waals surface area (Å²) in [4.78, 5) is 23.8. The third-order valence-electron chi connectivity index (χ3n) is 3.57. The molecule has 5 heteroatoms. The molecular weight excluding hydrogens is 356 g/mol. The normalized spacial score (nSPS) is 12.0. The molecule has 0 heterocycles. The Kier molecular flexibility index (Phi) is 8.92. The quantitative estimate of drug-likeness (QED) is 0.680. The van der Waals surface area contributed by atoms with Crippen molar-refractivity contribution in [2.24, 2.45) is 5.92 Å². The van der Waals surface area contributed by atoms with Gasteiger partial charge in [0.05, 0.1) is 0 Å². The van der Waals surface area contributed by atoms with Crippen LogP contribution in [0, 0.1) is 5.92 Å². The first-order valence-electron chi connectivity index (χ1n) is 8.21. The first kappa shape index (κ1) is 19.7. The number of halogens is 1. The monoisotopic (exact) mass is 382 g/mol. The summed E-state index contributed by atoms with van der Waals surface area (Å²) in [7, 11) is 0. The largest absolute Gasteiger partial charge is 0.354 e. The molecular formula is C18H27BrN2O2. The van der Waals surface area contributed by atoms with E-state index in [4.69, 9.17) is 0 Å². The number of hydrogen-bond acceptors (Lipinski definition) is 2. The van der Waals surface area contributed by atoms with Gasteiger partial charge in [0.15, 0.2) is 0 Å². The maximum absolute atomic E-state index is 11.9. The van der Waals surface area contributed by atoms with Crippen LogP contribution in [-0.2, 0) is 4.79 Å². The Morgan fingerprint density at radius 2 is 1.74 bits per heavy atom. The molecule has 0 spiro atoms. The number of amides is 2. The molecule has 2 N–H and O–H groups in total. The van der Waals surface area contributed by atoms with Crippen molar-refractivity contribution in [2.45, 2.75) is 52.5 Å². The van der Waals surface area contributed by atoms with Crippen LogP contribution in [0.25, 0.3) is 0 Å². The maximum atomic E-state index is 11.9. The van der Waals surface area contributed by atoms with Crippen molar-refractivity contribution in [3.8, 4) is 0 Å². The molecule has 2 amide bonds. The molecule has 0 aromatic heterocycles. The zero-order valence-electron chi connectivity index (χ0n) is 14.2. The van der Waals surface area contributed by atoms with Crippen LogP contribution in [0.5, 0.6) is 0 Å². The highest BCUT2D eigenvalue weighted by molar-refractivity contribution is 9.10. The summed E-state index contributed by atoms with van der Waals surface area (Å²) in [5.74, 6) is 0.528. The lowest BCUT2D eigenvalue weighted by molar-refractivity contribution is -0.121. The van der Waals surface area contributed by atoms with Gasteiger partial charge >= 0.3 is 0 Å². The molecule has 1 atom stereocenters. The van der Waals surface area contributed by atoms with Gasteiger partial charge in [0.2, 0.25) is 5.91 Å². The average Bonchev–Trinajstić information content (AvgIpc) is 2.47. The molecule has 1 aromatic carbocycles. The lowest BCUT2D eigenvalue weighted by atomic mass is 10.0. The number of rotatable bonds is 9. The predicted molar refractivity (Wildman–Crippen MR) is 97.4 cm³/mol. The van der Waals surface area contributed by atoms with E-state index >= 15 is 0 Å². The third-order valence-corrected chi connectivity index (χ3v) is 4.10. The van der Waals surface area contributed by atoms with E-state index in [0.717, 1.165) is 17.3 Å². The molecule has 0 bridgehead atoms. The lowest BCUT2D eigenvalue weighted by Crippen LogP contribution is -2.35. The Hall–Kier alpha value is -1.36. The summed E-state index contributed by atoms with van der Waals surface area (Å²) in [6.07, 6.45) is 3.61. The van der Waals surface area contributed by atoms with Crippen molar-refractivity contribution in [3.05, 3.63) is 34.3 Å². The number of carbonyl (C=O) groups excluding carboxylic acids is 2. The van der Waals surface area contributed by atoms with E-state index in [2.05, 4.69) is 40.4 Å². The number of nitrogens with one attached hydrogen (secondary N) is 2. The van der Waals surface area contributed by atoms with Gasteiger partial charge in [-0.2, -0.15) is 0 Å². The van der Waals surface area contributed by atoms with Gasteiger partial charge in [0.1, 0.15) is 0 Å². The van der Waals surface area contributed by atoms with E-state index < -0.39 is 0 Å². The Morgan fingerprint density at radius 1 is 1.09 bits per heavy atom. The Bertz CT molecular complexity index is 500. The zero-order chi connectivity index (χ0) is 17.2. The second-order valence-electron chi connectivity index (χ2n) is 6.31.